The van der Waals surface area contributed by atoms with E-state index < -0.39 is 30.0 Å². The maximum absolute atomic E-state index is 14.6. The minimum Gasteiger partial charge on any atom is -0.493 e. The number of unbranched alkanes of at least 4 members (excludes halogenated alkanes) is 2. The van der Waals surface area contributed by atoms with Gasteiger partial charge in [0.15, 0.2) is 23.1 Å². The predicted octanol–water partition coefficient (Wildman–Crippen LogP) is 9.44. The number of amides is 6. The fraction of sp³-hybridized carbons (Fsp3) is 0.365. The van der Waals surface area contributed by atoms with Crippen molar-refractivity contribution in [2.45, 2.75) is 103 Å². The van der Waals surface area contributed by atoms with Crippen LogP contribution in [0.3, 0.4) is 0 Å². The molecule has 22 heteroatoms. The van der Waals surface area contributed by atoms with Crippen LogP contribution in [0.1, 0.15) is 111 Å². The zero-order chi connectivity index (χ0) is 60.6. The van der Waals surface area contributed by atoms with Crippen molar-refractivity contribution in [1.29, 1.82) is 0 Å². The number of nitrogens with one attached hydrogen (secondary N) is 4. The van der Waals surface area contributed by atoms with Crippen LogP contribution in [0.4, 0.5) is 33.4 Å². The number of oxime groups is 1. The second-order valence-electron chi connectivity index (χ2n) is 21.1. The number of imidazole rings is 1. The molecule has 0 unspecified atom stereocenters. The Morgan fingerprint density at radius 3 is 2.19 bits per heavy atom. The molecule has 4 N–H and O–H groups in total. The molecule has 0 radical (unpaired) electrons. The van der Waals surface area contributed by atoms with Crippen molar-refractivity contribution in [3.63, 3.8) is 0 Å². The van der Waals surface area contributed by atoms with Gasteiger partial charge in [-0.05, 0) is 118 Å². The third-order valence-electron chi connectivity index (χ3n) is 14.6. The third kappa shape index (κ3) is 16.4. The van der Waals surface area contributed by atoms with Crippen LogP contribution in [0, 0.1) is 5.92 Å². The summed E-state index contributed by atoms with van der Waals surface area (Å²) in [5.41, 5.74) is 5.19. The van der Waals surface area contributed by atoms with Gasteiger partial charge in [-0.2, -0.15) is 0 Å². The molecular formula is C63H72N10O12. The monoisotopic (exact) mass is 1160 g/mol. The second kappa shape index (κ2) is 29.1. The van der Waals surface area contributed by atoms with Crippen LogP contribution in [0.5, 0.6) is 17.2 Å². The summed E-state index contributed by atoms with van der Waals surface area (Å²) >= 11 is 0. The number of hydrogen-bond donors (Lipinski definition) is 4. The number of carbonyl (C=O) groups excluding carboxylic acids is 8. The molecule has 0 saturated carbocycles. The summed E-state index contributed by atoms with van der Waals surface area (Å²) in [7, 11) is 5.05. The van der Waals surface area contributed by atoms with Crippen LogP contribution in [0.2, 0.25) is 0 Å². The first-order chi connectivity index (χ1) is 41.0. The van der Waals surface area contributed by atoms with Gasteiger partial charge >= 0.3 is 6.09 Å². The molecule has 0 saturated heterocycles. The van der Waals surface area contributed by atoms with E-state index in [-0.39, 0.29) is 96.1 Å². The molecule has 2 aliphatic heterocycles. The van der Waals surface area contributed by atoms with Gasteiger partial charge in [0.2, 0.25) is 17.7 Å². The summed E-state index contributed by atoms with van der Waals surface area (Å²) in [5, 5.41) is 14.9. The summed E-state index contributed by atoms with van der Waals surface area (Å²) in [4.78, 5) is 118. The van der Waals surface area contributed by atoms with Crippen LogP contribution in [-0.2, 0) is 49.3 Å². The van der Waals surface area contributed by atoms with Gasteiger partial charge in [0.25, 0.3) is 11.8 Å². The molecule has 446 valence electrons. The SMILES string of the molecule is CC=NOCCCCC(=O)CCCCC(=O)N[C@H](C)C(=O)C[C@H](C)C(=O)Nc1ccc(OC(=O)N2C[C@@H]3Cc4ccccc4N3C(=O)c3cc(OC)c(OCCCC(=O)Nc4ccc(-c5cc(C(=O)Nc6cn(C)cn6)n(C)c5)cc4)cc32)cc1. The van der Waals surface area contributed by atoms with Crippen molar-refractivity contribution < 1.29 is 57.4 Å². The predicted molar refractivity (Wildman–Crippen MR) is 321 cm³/mol. The number of Topliss-reactive ketones (excluding diaryl/α,β-unsaturated/α-hetero) is 2. The highest BCUT2D eigenvalue weighted by Gasteiger charge is 2.42. The van der Waals surface area contributed by atoms with Gasteiger partial charge in [-0.3, -0.25) is 38.5 Å². The van der Waals surface area contributed by atoms with E-state index in [0.717, 1.165) is 28.8 Å². The number of anilines is 5. The van der Waals surface area contributed by atoms with E-state index in [1.54, 1.807) is 103 Å². The number of benzene rings is 4. The van der Waals surface area contributed by atoms with Gasteiger partial charge in [-0.25, -0.2) is 9.78 Å². The van der Waals surface area contributed by atoms with E-state index in [1.165, 1.54) is 24.1 Å². The van der Waals surface area contributed by atoms with Crippen molar-refractivity contribution in [3.05, 3.63) is 127 Å². The van der Waals surface area contributed by atoms with Crippen LogP contribution in [0.25, 0.3) is 11.1 Å². The minimum atomic E-state index is -0.816. The lowest BCUT2D eigenvalue weighted by atomic mass is 9.99. The van der Waals surface area contributed by atoms with E-state index in [1.807, 2.05) is 49.6 Å². The number of ketones is 2. The van der Waals surface area contributed by atoms with E-state index in [0.29, 0.717) is 74.4 Å². The largest absolute Gasteiger partial charge is 0.493 e. The van der Waals surface area contributed by atoms with Crippen LogP contribution in [-0.4, -0.2) is 106 Å². The van der Waals surface area contributed by atoms with Crippen LogP contribution < -0.4 is 45.3 Å². The van der Waals surface area contributed by atoms with E-state index in [2.05, 4.69) is 31.4 Å². The smallest absolute Gasteiger partial charge is 0.419 e. The minimum absolute atomic E-state index is 0.0678. The Kier molecular flexibility index (Phi) is 21.0. The molecule has 0 spiro atoms. The summed E-state index contributed by atoms with van der Waals surface area (Å²) < 4.78 is 21.4. The number of rotatable bonds is 28. The first kappa shape index (κ1) is 61.5. The molecule has 6 aromatic rings. The maximum atomic E-state index is 14.6. The number of methoxy groups -OCH3 is 1. The molecule has 4 aromatic carbocycles. The molecule has 0 aliphatic carbocycles. The molecule has 8 rings (SSSR count). The highest BCUT2D eigenvalue weighted by atomic mass is 16.6. The van der Waals surface area contributed by atoms with E-state index in [9.17, 15) is 38.4 Å². The third-order valence-corrected chi connectivity index (χ3v) is 14.6. The average molecular weight is 1160 g/mol. The molecule has 0 fully saturated rings. The molecule has 6 amide bonds. The zero-order valence-electron chi connectivity index (χ0n) is 48.7. The zero-order valence-corrected chi connectivity index (χ0v) is 48.7. The fourth-order valence-electron chi connectivity index (χ4n) is 10.0. The Morgan fingerprint density at radius 1 is 0.753 bits per heavy atom. The van der Waals surface area contributed by atoms with Crippen LogP contribution >= 0.6 is 0 Å². The first-order valence-corrected chi connectivity index (χ1v) is 28.4. The standard InChI is InChI=1S/C63H72N10O12/c1-7-65-84-30-13-12-17-48(74)16-9-11-19-58(76)66-41(3)54(75)31-40(2)60(78)68-46-25-27-49(28-26-46)85-63(81)72-37-47-32-43-15-8-10-18-51(43)73(47)62(80)50-34-55(82-6)56(35-52(50)72)83-29-14-20-59(77)67-45-23-21-42(22-24-45)44-33-53(71(5)36-44)61(79)69-57-38-70(4)39-64-57/h7-8,10,15,18,21-28,33-36,38-41,47H,9,11-14,16-17,19-20,29-32,37H2,1-6H3,(H,66,76)(H,67,77)(H,68,78)(H,69,79)/t40-,41+,47-/m0/s1. The second-order valence-corrected chi connectivity index (χ2v) is 21.1. The van der Waals surface area contributed by atoms with Gasteiger partial charge in [0, 0.05) is 99.4 Å². The molecule has 85 heavy (non-hydrogen) atoms. The van der Waals surface area contributed by atoms with Gasteiger partial charge < -0.3 is 54.3 Å². The van der Waals surface area contributed by atoms with Crippen molar-refractivity contribution in [3.8, 4) is 28.4 Å². The van der Waals surface area contributed by atoms with E-state index >= 15 is 0 Å². The molecule has 2 aromatic heterocycles. The highest BCUT2D eigenvalue weighted by Crippen LogP contribution is 2.43. The fourth-order valence-corrected chi connectivity index (χ4v) is 10.0. The summed E-state index contributed by atoms with van der Waals surface area (Å²) in [6, 6.07) is 24.7. The Bertz CT molecular complexity index is 3430. The van der Waals surface area contributed by atoms with Crippen molar-refractivity contribution in [2.75, 3.05) is 52.6 Å². The van der Waals surface area contributed by atoms with E-state index in [4.69, 9.17) is 19.0 Å². The molecular weight excluding hydrogens is 1090 g/mol. The Hall–Kier alpha value is -9.60. The number of carbonyl (C=O) groups is 8. The molecule has 2 aliphatic rings. The lowest BCUT2D eigenvalue weighted by Crippen LogP contribution is -2.44. The summed E-state index contributed by atoms with van der Waals surface area (Å²) in [6.07, 6.45) is 10.2. The molecule has 4 heterocycles. The number of para-hydroxylation sites is 1. The number of nitrogens with zero attached hydrogens (tertiary/aromatic N) is 6. The Balaban J connectivity index is 0.835. The Morgan fingerprint density at radius 2 is 1.46 bits per heavy atom. The van der Waals surface area contributed by atoms with Crippen molar-refractivity contribution >= 4 is 82.0 Å². The van der Waals surface area contributed by atoms with Crippen molar-refractivity contribution in [2.24, 2.45) is 25.2 Å². The van der Waals surface area contributed by atoms with Crippen molar-refractivity contribution in [1.82, 2.24) is 19.4 Å². The first-order valence-electron chi connectivity index (χ1n) is 28.4. The summed E-state index contributed by atoms with van der Waals surface area (Å²) in [6.45, 7) is 5.56. The number of aromatic nitrogens is 3. The molecule has 22 nitrogen and oxygen atoms in total. The maximum Gasteiger partial charge on any atom is 0.419 e. The summed E-state index contributed by atoms with van der Waals surface area (Å²) in [5.74, 6) is -1.46. The lowest BCUT2D eigenvalue weighted by molar-refractivity contribution is -0.129. The number of fused-ring (bicyclic) bond motifs is 4. The quantitative estimate of drug-likeness (QED) is 0.0203. The van der Waals surface area contributed by atoms with Gasteiger partial charge in [-0.15, -0.1) is 0 Å². The number of ether oxygens (including phenoxy) is 3. The van der Waals surface area contributed by atoms with Gasteiger partial charge in [0.05, 0.1) is 49.9 Å². The topological polar surface area (TPSA) is 263 Å². The molecule has 0 bridgehead atoms. The van der Waals surface area contributed by atoms with Crippen LogP contribution in [0.15, 0.2) is 115 Å². The lowest BCUT2D eigenvalue weighted by Gasteiger charge is -2.26. The normalized spacial score (nSPS) is 14.0. The Labute approximate surface area is 493 Å². The van der Waals surface area contributed by atoms with Gasteiger partial charge in [0.1, 0.15) is 23.8 Å². The average Bonchev–Trinajstić information content (AvgIpc) is 1.89. The number of aryl methyl sites for hydroxylation is 2. The van der Waals surface area contributed by atoms with Gasteiger partial charge in [-0.1, -0.05) is 42.4 Å². The molecule has 3 atom stereocenters. The number of hydrogen-bond acceptors (Lipinski definition) is 14. The highest BCUT2D eigenvalue weighted by molar-refractivity contribution is 6.14.